The molecule has 2 fully saturated rings. The van der Waals surface area contributed by atoms with E-state index in [1.54, 1.807) is 18.5 Å². The van der Waals surface area contributed by atoms with E-state index in [-0.39, 0.29) is 23.8 Å². The second-order valence-corrected chi connectivity index (χ2v) is 6.74. The molecule has 1 amide bonds. The molecule has 2 N–H and O–H groups in total. The minimum absolute atomic E-state index is 0.00165. The number of piperidine rings is 1. The van der Waals surface area contributed by atoms with Gasteiger partial charge in [-0.25, -0.2) is 9.97 Å². The first kappa shape index (κ1) is 16.7. The summed E-state index contributed by atoms with van der Waals surface area (Å²) in [4.78, 5) is 34.3. The Morgan fingerprint density at radius 2 is 1.88 bits per heavy atom. The van der Waals surface area contributed by atoms with Crippen LogP contribution in [-0.4, -0.2) is 46.1 Å². The van der Waals surface area contributed by atoms with E-state index in [9.17, 15) is 9.59 Å². The third kappa shape index (κ3) is 4.01. The second kappa shape index (κ2) is 7.59. The number of carboxylic acid groups (broad SMARTS) is 1. The lowest BCUT2D eigenvalue weighted by atomic mass is 9.81. The number of nitrogens with zero attached hydrogens (tertiary/aromatic N) is 3. The average molecular weight is 332 g/mol. The van der Waals surface area contributed by atoms with Gasteiger partial charge in [-0.05, 0) is 38.2 Å². The molecule has 0 aromatic carbocycles. The van der Waals surface area contributed by atoms with E-state index in [0.29, 0.717) is 25.3 Å². The van der Waals surface area contributed by atoms with Gasteiger partial charge < -0.3 is 15.3 Å². The lowest BCUT2D eigenvalue weighted by Gasteiger charge is -2.34. The smallest absolute Gasteiger partial charge is 0.306 e. The molecule has 130 valence electrons. The summed E-state index contributed by atoms with van der Waals surface area (Å²) >= 11 is 0. The molecule has 1 aromatic heterocycles. The van der Waals surface area contributed by atoms with E-state index in [2.05, 4.69) is 20.2 Å². The number of aromatic nitrogens is 2. The summed E-state index contributed by atoms with van der Waals surface area (Å²) in [6, 6.07) is 1.86. The van der Waals surface area contributed by atoms with Crippen LogP contribution in [0, 0.1) is 11.8 Å². The molecule has 0 bridgehead atoms. The first-order chi connectivity index (χ1) is 11.6. The third-order valence-corrected chi connectivity index (χ3v) is 5.00. The number of carbonyl (C=O) groups is 2. The fourth-order valence-corrected chi connectivity index (χ4v) is 3.70. The van der Waals surface area contributed by atoms with E-state index < -0.39 is 5.97 Å². The Morgan fingerprint density at radius 3 is 2.62 bits per heavy atom. The SMILES string of the molecule is O=C(O)C1CCCC(C(=O)NC2CCCN(c3ncccn3)C2)C1. The lowest BCUT2D eigenvalue weighted by molar-refractivity contribution is -0.144. The molecular weight excluding hydrogens is 308 g/mol. The highest BCUT2D eigenvalue weighted by molar-refractivity contribution is 5.80. The molecule has 2 heterocycles. The molecule has 7 heteroatoms. The Bertz CT molecular complexity index is 580. The number of carbonyl (C=O) groups excluding carboxylic acids is 1. The van der Waals surface area contributed by atoms with E-state index in [1.165, 1.54) is 0 Å². The number of carboxylic acids is 1. The van der Waals surface area contributed by atoms with Crippen molar-refractivity contribution in [3.8, 4) is 0 Å². The van der Waals surface area contributed by atoms with Crippen LogP contribution in [0.2, 0.25) is 0 Å². The number of amides is 1. The van der Waals surface area contributed by atoms with Crippen molar-refractivity contribution in [1.82, 2.24) is 15.3 Å². The van der Waals surface area contributed by atoms with Crippen LogP contribution in [0.5, 0.6) is 0 Å². The van der Waals surface area contributed by atoms with E-state index in [1.807, 2.05) is 0 Å². The molecule has 3 atom stereocenters. The predicted octanol–water partition coefficient (Wildman–Crippen LogP) is 1.45. The Labute approximate surface area is 141 Å². The molecule has 1 aliphatic heterocycles. The zero-order valence-corrected chi connectivity index (χ0v) is 13.7. The first-order valence-electron chi connectivity index (χ1n) is 8.68. The summed E-state index contributed by atoms with van der Waals surface area (Å²) in [7, 11) is 0. The fraction of sp³-hybridized carbons (Fsp3) is 0.647. The Hall–Kier alpha value is -2.18. The highest BCUT2D eigenvalue weighted by atomic mass is 16.4. The van der Waals surface area contributed by atoms with Crippen LogP contribution < -0.4 is 10.2 Å². The zero-order chi connectivity index (χ0) is 16.9. The van der Waals surface area contributed by atoms with Gasteiger partial charge in [-0.2, -0.15) is 0 Å². The molecule has 7 nitrogen and oxygen atoms in total. The van der Waals surface area contributed by atoms with E-state index in [4.69, 9.17) is 5.11 Å². The zero-order valence-electron chi connectivity index (χ0n) is 13.7. The summed E-state index contributed by atoms with van der Waals surface area (Å²) in [5.41, 5.74) is 0. The molecule has 2 aliphatic rings. The summed E-state index contributed by atoms with van der Waals surface area (Å²) in [6.45, 7) is 1.59. The number of hydrogen-bond donors (Lipinski definition) is 2. The van der Waals surface area contributed by atoms with Gasteiger partial charge in [-0.15, -0.1) is 0 Å². The van der Waals surface area contributed by atoms with Crippen LogP contribution in [0.15, 0.2) is 18.5 Å². The summed E-state index contributed by atoms with van der Waals surface area (Å²) in [5, 5.41) is 12.3. The molecule has 3 rings (SSSR count). The summed E-state index contributed by atoms with van der Waals surface area (Å²) < 4.78 is 0. The molecule has 0 radical (unpaired) electrons. The fourth-order valence-electron chi connectivity index (χ4n) is 3.70. The summed E-state index contributed by atoms with van der Waals surface area (Å²) in [6.07, 6.45) is 8.09. The van der Waals surface area contributed by atoms with Crippen LogP contribution in [0.3, 0.4) is 0 Å². The van der Waals surface area contributed by atoms with Crippen molar-refractivity contribution in [2.45, 2.75) is 44.6 Å². The molecule has 1 aliphatic carbocycles. The molecule has 3 unspecified atom stereocenters. The van der Waals surface area contributed by atoms with Crippen molar-refractivity contribution >= 4 is 17.8 Å². The van der Waals surface area contributed by atoms with Crippen LogP contribution in [0.25, 0.3) is 0 Å². The van der Waals surface area contributed by atoms with Gasteiger partial charge in [0.15, 0.2) is 0 Å². The highest BCUT2D eigenvalue weighted by Gasteiger charge is 2.32. The Morgan fingerprint density at radius 1 is 1.12 bits per heavy atom. The molecule has 1 saturated carbocycles. The van der Waals surface area contributed by atoms with Gasteiger partial charge in [-0.1, -0.05) is 6.42 Å². The van der Waals surface area contributed by atoms with Crippen LogP contribution in [0.4, 0.5) is 5.95 Å². The maximum absolute atomic E-state index is 12.5. The van der Waals surface area contributed by atoms with E-state index in [0.717, 1.165) is 32.2 Å². The van der Waals surface area contributed by atoms with Crippen molar-refractivity contribution in [2.75, 3.05) is 18.0 Å². The van der Waals surface area contributed by atoms with Gasteiger partial charge in [0, 0.05) is 37.4 Å². The standard InChI is InChI=1S/C17H24N4O3/c22-15(12-4-1-5-13(10-12)16(23)24)20-14-6-2-9-21(11-14)17-18-7-3-8-19-17/h3,7-8,12-14H,1-2,4-6,9-11H2,(H,20,22)(H,23,24). The average Bonchev–Trinajstić information content (AvgIpc) is 2.63. The van der Waals surface area contributed by atoms with Gasteiger partial charge in [0.05, 0.1) is 5.92 Å². The van der Waals surface area contributed by atoms with Crippen LogP contribution in [-0.2, 0) is 9.59 Å². The van der Waals surface area contributed by atoms with Crippen LogP contribution in [0.1, 0.15) is 38.5 Å². The van der Waals surface area contributed by atoms with Gasteiger partial charge in [0.2, 0.25) is 11.9 Å². The van der Waals surface area contributed by atoms with Crippen molar-refractivity contribution < 1.29 is 14.7 Å². The van der Waals surface area contributed by atoms with Gasteiger partial charge in [-0.3, -0.25) is 9.59 Å². The minimum atomic E-state index is -0.780. The minimum Gasteiger partial charge on any atom is -0.481 e. The quantitative estimate of drug-likeness (QED) is 0.866. The third-order valence-electron chi connectivity index (χ3n) is 5.00. The highest BCUT2D eigenvalue weighted by Crippen LogP contribution is 2.29. The maximum Gasteiger partial charge on any atom is 0.306 e. The van der Waals surface area contributed by atoms with E-state index >= 15 is 0 Å². The van der Waals surface area contributed by atoms with Crippen molar-refractivity contribution in [2.24, 2.45) is 11.8 Å². The van der Waals surface area contributed by atoms with Gasteiger partial charge in [0.25, 0.3) is 0 Å². The monoisotopic (exact) mass is 332 g/mol. The predicted molar refractivity (Wildman–Crippen MR) is 88.5 cm³/mol. The van der Waals surface area contributed by atoms with Crippen molar-refractivity contribution in [3.63, 3.8) is 0 Å². The molecular formula is C17H24N4O3. The lowest BCUT2D eigenvalue weighted by Crippen LogP contribution is -2.50. The van der Waals surface area contributed by atoms with Crippen molar-refractivity contribution in [3.05, 3.63) is 18.5 Å². The van der Waals surface area contributed by atoms with Gasteiger partial charge in [0.1, 0.15) is 0 Å². The second-order valence-electron chi connectivity index (χ2n) is 6.74. The first-order valence-corrected chi connectivity index (χ1v) is 8.68. The molecule has 1 saturated heterocycles. The number of hydrogen-bond acceptors (Lipinski definition) is 5. The molecule has 0 spiro atoms. The number of anilines is 1. The Balaban J connectivity index is 1.55. The normalized spacial score (nSPS) is 27.5. The topological polar surface area (TPSA) is 95.4 Å². The number of aliphatic carboxylic acids is 1. The van der Waals surface area contributed by atoms with Crippen LogP contribution >= 0.6 is 0 Å². The van der Waals surface area contributed by atoms with Gasteiger partial charge >= 0.3 is 5.97 Å². The molecule has 24 heavy (non-hydrogen) atoms. The maximum atomic E-state index is 12.5. The van der Waals surface area contributed by atoms with Crippen molar-refractivity contribution in [1.29, 1.82) is 0 Å². The number of nitrogens with one attached hydrogen (secondary N) is 1. The number of rotatable bonds is 4. The summed E-state index contributed by atoms with van der Waals surface area (Å²) in [5.74, 6) is -0.641. The Kier molecular flexibility index (Phi) is 5.27. The molecule has 1 aromatic rings. The largest absolute Gasteiger partial charge is 0.481 e.